The van der Waals surface area contributed by atoms with E-state index in [4.69, 9.17) is 4.98 Å². The van der Waals surface area contributed by atoms with Crippen molar-refractivity contribution in [3.8, 4) is 28.1 Å². The topological polar surface area (TPSA) is 116 Å². The van der Waals surface area contributed by atoms with Crippen LogP contribution < -0.4 is 16.0 Å². The van der Waals surface area contributed by atoms with Gasteiger partial charge in [0.1, 0.15) is 16.8 Å². The molecule has 1 saturated heterocycles. The highest BCUT2D eigenvalue weighted by atomic mass is 32.2. The summed E-state index contributed by atoms with van der Waals surface area (Å²) in [6, 6.07) is 33.4. The lowest BCUT2D eigenvalue weighted by molar-refractivity contribution is -0.121. The Morgan fingerprint density at radius 3 is 2.47 bits per heavy atom. The van der Waals surface area contributed by atoms with Crippen molar-refractivity contribution < 1.29 is 19.1 Å². The number of nitrogens with zero attached hydrogens (tertiary/aromatic N) is 2. The summed E-state index contributed by atoms with van der Waals surface area (Å²) in [5, 5.41) is 19.7. The van der Waals surface area contributed by atoms with E-state index in [1.807, 2.05) is 68.6 Å². The Morgan fingerprint density at radius 2 is 1.72 bits per heavy atom. The zero-order chi connectivity index (χ0) is 36.9. The van der Waals surface area contributed by atoms with Crippen LogP contribution >= 0.6 is 11.8 Å². The number of rotatable bonds is 7. The van der Waals surface area contributed by atoms with Gasteiger partial charge in [-0.15, -0.1) is 11.8 Å². The molecule has 6 aromatic rings. The minimum absolute atomic E-state index is 0.0207. The number of amides is 2. The quantitative estimate of drug-likeness (QED) is 0.122. The second-order valence-electron chi connectivity index (χ2n) is 13.4. The maximum absolute atomic E-state index is 13.8. The molecule has 2 aliphatic rings. The first-order valence-electron chi connectivity index (χ1n) is 17.7. The Kier molecular flexibility index (Phi) is 10.8. The van der Waals surface area contributed by atoms with Gasteiger partial charge >= 0.3 is 0 Å². The van der Waals surface area contributed by atoms with E-state index in [1.165, 1.54) is 28.7 Å². The van der Waals surface area contributed by atoms with Gasteiger partial charge in [-0.05, 0) is 104 Å². The lowest BCUT2D eigenvalue weighted by atomic mass is 9.98. The van der Waals surface area contributed by atoms with Crippen LogP contribution in [0.25, 0.3) is 33.3 Å². The number of phenols is 1. The predicted octanol–water partition coefficient (Wildman–Crippen LogP) is 8.39. The molecule has 8 rings (SSSR count). The maximum Gasteiger partial charge on any atom is 0.235 e. The first-order valence-corrected chi connectivity index (χ1v) is 18.6. The van der Waals surface area contributed by atoms with Gasteiger partial charge in [-0.25, -0.2) is 9.37 Å². The van der Waals surface area contributed by atoms with E-state index >= 15 is 0 Å². The normalized spacial score (nSPS) is 17.5. The summed E-state index contributed by atoms with van der Waals surface area (Å²) in [6.45, 7) is 4.78. The second kappa shape index (κ2) is 16.0. The van der Waals surface area contributed by atoms with E-state index in [0.29, 0.717) is 17.7 Å². The first kappa shape index (κ1) is 35.8. The lowest BCUT2D eigenvalue weighted by Gasteiger charge is -2.17. The molecule has 4 heterocycles. The van der Waals surface area contributed by atoms with Crippen molar-refractivity contribution in [3.63, 3.8) is 0 Å². The Hall–Kier alpha value is -5.58. The van der Waals surface area contributed by atoms with Crippen molar-refractivity contribution in [2.45, 2.75) is 55.3 Å². The summed E-state index contributed by atoms with van der Waals surface area (Å²) >= 11 is 1.65. The highest BCUT2D eigenvalue weighted by molar-refractivity contribution is 8.01. The number of pyridine rings is 2. The van der Waals surface area contributed by atoms with Crippen LogP contribution in [0.3, 0.4) is 0 Å². The number of halogens is 1. The van der Waals surface area contributed by atoms with E-state index in [1.54, 1.807) is 36.0 Å². The van der Waals surface area contributed by atoms with Crippen molar-refractivity contribution in [2.24, 2.45) is 0 Å². The molecule has 4 aromatic carbocycles. The van der Waals surface area contributed by atoms with Gasteiger partial charge in [0, 0.05) is 58.0 Å². The third-order valence-corrected chi connectivity index (χ3v) is 10.7. The van der Waals surface area contributed by atoms with Crippen LogP contribution in [-0.2, 0) is 16.0 Å². The van der Waals surface area contributed by atoms with Crippen LogP contribution in [-0.4, -0.2) is 44.7 Å². The van der Waals surface area contributed by atoms with Gasteiger partial charge in [-0.2, -0.15) is 0 Å². The van der Waals surface area contributed by atoms with Gasteiger partial charge < -0.3 is 21.1 Å². The van der Waals surface area contributed by atoms with Crippen molar-refractivity contribution in [1.82, 2.24) is 20.6 Å². The van der Waals surface area contributed by atoms with Gasteiger partial charge in [0.2, 0.25) is 11.8 Å². The largest absolute Gasteiger partial charge is 0.508 e. The number of benzene rings is 4. The number of aromatic hydroxyl groups is 1. The Labute approximate surface area is 312 Å². The number of hydrogen-bond acceptors (Lipinski definition) is 7. The summed E-state index contributed by atoms with van der Waals surface area (Å²) in [5.41, 5.74) is 8.29. The molecule has 8 nitrogen and oxygen atoms in total. The molecule has 3 atom stereocenters. The number of carbonyl (C=O) groups excluding carboxylic acids is 2. The van der Waals surface area contributed by atoms with Crippen LogP contribution in [0.4, 0.5) is 10.1 Å². The minimum atomic E-state index is -0.230. The predicted molar refractivity (Wildman–Crippen MR) is 209 cm³/mol. The SMILES string of the molecule is Cc1ccc(-c2ccc3c4c(ccc3n2)SC2C(=O)N[C@H](C)CNC42)cn1.O=C(CCCc1ccc(-c2ccccc2F)cc1)Nc1ccc(O)cc1. The number of carbonyl (C=O) groups is 2. The number of aromatic nitrogens is 2. The molecule has 268 valence electrons. The molecule has 2 amide bonds. The van der Waals surface area contributed by atoms with E-state index in [0.717, 1.165) is 58.4 Å². The molecule has 10 heteroatoms. The van der Waals surface area contributed by atoms with Crippen molar-refractivity contribution in [2.75, 3.05) is 11.9 Å². The molecule has 0 bridgehead atoms. The summed E-state index contributed by atoms with van der Waals surface area (Å²) in [7, 11) is 0. The van der Waals surface area contributed by atoms with Gasteiger partial charge in [-0.1, -0.05) is 48.5 Å². The molecule has 4 N–H and O–H groups in total. The first-order chi connectivity index (χ1) is 25.7. The molecular formula is C43H40FN5O3S. The summed E-state index contributed by atoms with van der Waals surface area (Å²) in [6.07, 6.45) is 3.78. The van der Waals surface area contributed by atoms with Crippen LogP contribution in [0.5, 0.6) is 5.75 Å². The highest BCUT2D eigenvalue weighted by Gasteiger charge is 2.41. The molecular weight excluding hydrogens is 686 g/mol. The summed E-state index contributed by atoms with van der Waals surface area (Å²) < 4.78 is 13.8. The molecule has 0 radical (unpaired) electrons. The molecule has 2 aromatic heterocycles. The number of aryl methyl sites for hydroxylation is 2. The fourth-order valence-electron chi connectivity index (χ4n) is 6.63. The van der Waals surface area contributed by atoms with E-state index in [-0.39, 0.29) is 40.7 Å². The lowest BCUT2D eigenvalue weighted by Crippen LogP contribution is -2.37. The van der Waals surface area contributed by atoms with Gasteiger partial charge in [0.15, 0.2) is 0 Å². The number of fused-ring (bicyclic) bond motifs is 5. The van der Waals surface area contributed by atoms with Crippen LogP contribution in [0.15, 0.2) is 120 Å². The smallest absolute Gasteiger partial charge is 0.235 e. The number of phenolic OH excluding ortho intramolecular Hbond substituents is 1. The van der Waals surface area contributed by atoms with E-state index in [2.05, 4.69) is 39.1 Å². The molecule has 0 spiro atoms. The molecule has 53 heavy (non-hydrogen) atoms. The Morgan fingerprint density at radius 1 is 0.943 bits per heavy atom. The Balaban J connectivity index is 0.000000164. The second-order valence-corrected chi connectivity index (χ2v) is 14.6. The minimum Gasteiger partial charge on any atom is -0.508 e. The fourth-order valence-corrected chi connectivity index (χ4v) is 7.96. The van der Waals surface area contributed by atoms with Crippen LogP contribution in [0.2, 0.25) is 0 Å². The van der Waals surface area contributed by atoms with E-state index < -0.39 is 0 Å². The molecule has 0 saturated carbocycles. The third-order valence-electron chi connectivity index (χ3n) is 9.40. The third kappa shape index (κ3) is 8.40. The van der Waals surface area contributed by atoms with E-state index in [9.17, 15) is 19.1 Å². The monoisotopic (exact) mass is 725 g/mol. The number of nitrogens with one attached hydrogen (secondary N) is 3. The average molecular weight is 726 g/mol. The molecule has 2 unspecified atom stereocenters. The molecule has 2 aliphatic heterocycles. The fraction of sp³-hybridized carbons (Fsp3) is 0.209. The molecule has 0 aliphatic carbocycles. The summed E-state index contributed by atoms with van der Waals surface area (Å²) in [4.78, 5) is 34.9. The number of anilines is 1. The van der Waals surface area contributed by atoms with Gasteiger partial charge in [0.25, 0.3) is 0 Å². The average Bonchev–Trinajstić information content (AvgIpc) is 3.49. The van der Waals surface area contributed by atoms with Crippen molar-refractivity contribution >= 4 is 40.2 Å². The van der Waals surface area contributed by atoms with Crippen molar-refractivity contribution in [3.05, 3.63) is 138 Å². The standard InChI is InChI=1S/C22H20FNO2.C21H20N4OS/c23-21-6-2-1-5-20(21)17-10-8-16(9-11-17)4-3-7-22(26)24-18-12-14-19(25)15-13-18;1-11-3-4-13(10-22-11)15-6-5-14-16(25-15)7-8-17-18(14)19-20(27-17)21(26)24-12(2)9-23-19/h1-2,5-6,8-15,25H,3-4,7H2,(H,24,26);3-8,10,12,19-20,23H,9H2,1-2H3,(H,24,26)/t;12-,19?,20?/m.1/s1. The van der Waals surface area contributed by atoms with Crippen LogP contribution in [0.1, 0.15) is 42.6 Å². The molecule has 1 fully saturated rings. The highest BCUT2D eigenvalue weighted by Crippen LogP contribution is 2.47. The van der Waals surface area contributed by atoms with Gasteiger partial charge in [0.05, 0.1) is 17.3 Å². The Bertz CT molecular complexity index is 2250. The number of thioether (sulfide) groups is 1. The zero-order valence-electron chi connectivity index (χ0n) is 29.5. The zero-order valence-corrected chi connectivity index (χ0v) is 30.3. The maximum atomic E-state index is 13.8. The number of hydrogen-bond donors (Lipinski definition) is 4. The summed E-state index contributed by atoms with van der Waals surface area (Å²) in [5.74, 6) is -0.00573. The van der Waals surface area contributed by atoms with Crippen molar-refractivity contribution in [1.29, 1.82) is 0 Å². The van der Waals surface area contributed by atoms with Crippen LogP contribution in [0, 0.1) is 12.7 Å². The van der Waals surface area contributed by atoms with Gasteiger partial charge in [-0.3, -0.25) is 14.6 Å².